The van der Waals surface area contributed by atoms with Gasteiger partial charge in [0.1, 0.15) is 0 Å². The molecule has 1 aromatic carbocycles. The standard InChI is InChI=1S/C16H19N3O/c1-12-6-4-5-7-15(12)13(2)18-16(20)9-8-14-10-17-19(3)11-14/h4-11,13H,1-3H3,(H,18,20)/b9-8+/t13-/m0/s1. The molecule has 1 atom stereocenters. The Balaban J connectivity index is 1.98. The van der Waals surface area contributed by atoms with Gasteiger partial charge in [0.05, 0.1) is 12.2 Å². The average molecular weight is 269 g/mol. The largest absolute Gasteiger partial charge is 0.346 e. The van der Waals surface area contributed by atoms with E-state index in [0.29, 0.717) is 0 Å². The van der Waals surface area contributed by atoms with Gasteiger partial charge in [-0.1, -0.05) is 24.3 Å². The highest BCUT2D eigenvalue weighted by Crippen LogP contribution is 2.16. The van der Waals surface area contributed by atoms with Gasteiger partial charge in [-0.05, 0) is 31.1 Å². The van der Waals surface area contributed by atoms with Gasteiger partial charge in [0.25, 0.3) is 0 Å². The Morgan fingerprint density at radius 1 is 1.40 bits per heavy atom. The van der Waals surface area contributed by atoms with E-state index in [-0.39, 0.29) is 11.9 Å². The van der Waals surface area contributed by atoms with Crippen molar-refractivity contribution in [2.45, 2.75) is 19.9 Å². The third-order valence-corrected chi connectivity index (χ3v) is 3.17. The molecular weight excluding hydrogens is 250 g/mol. The highest BCUT2D eigenvalue weighted by Gasteiger charge is 2.09. The number of nitrogens with one attached hydrogen (secondary N) is 1. The number of aromatic nitrogens is 2. The Hall–Kier alpha value is -2.36. The van der Waals surface area contributed by atoms with Gasteiger partial charge in [-0.3, -0.25) is 9.48 Å². The van der Waals surface area contributed by atoms with Crippen molar-refractivity contribution in [3.05, 3.63) is 59.4 Å². The van der Waals surface area contributed by atoms with Gasteiger partial charge >= 0.3 is 0 Å². The van der Waals surface area contributed by atoms with Gasteiger partial charge < -0.3 is 5.32 Å². The molecule has 1 amide bonds. The van der Waals surface area contributed by atoms with Crippen molar-refractivity contribution in [1.82, 2.24) is 15.1 Å². The summed E-state index contributed by atoms with van der Waals surface area (Å²) in [4.78, 5) is 11.9. The van der Waals surface area contributed by atoms with Crippen molar-refractivity contribution < 1.29 is 4.79 Å². The van der Waals surface area contributed by atoms with Crippen molar-refractivity contribution in [2.24, 2.45) is 7.05 Å². The first-order valence-corrected chi connectivity index (χ1v) is 6.59. The Morgan fingerprint density at radius 3 is 2.80 bits per heavy atom. The highest BCUT2D eigenvalue weighted by molar-refractivity contribution is 5.91. The molecule has 2 rings (SSSR count). The molecule has 0 unspecified atom stereocenters. The third-order valence-electron chi connectivity index (χ3n) is 3.17. The Morgan fingerprint density at radius 2 is 2.15 bits per heavy atom. The predicted molar refractivity (Wildman–Crippen MR) is 80.0 cm³/mol. The zero-order valence-corrected chi connectivity index (χ0v) is 12.0. The van der Waals surface area contributed by atoms with Gasteiger partial charge in [0.15, 0.2) is 0 Å². The molecule has 1 aromatic heterocycles. The molecule has 0 spiro atoms. The van der Waals surface area contributed by atoms with E-state index in [1.165, 1.54) is 11.6 Å². The summed E-state index contributed by atoms with van der Waals surface area (Å²) in [5.41, 5.74) is 3.22. The molecule has 0 radical (unpaired) electrons. The number of carbonyl (C=O) groups excluding carboxylic acids is 1. The smallest absolute Gasteiger partial charge is 0.244 e. The summed E-state index contributed by atoms with van der Waals surface area (Å²) in [6, 6.07) is 8.04. The molecule has 20 heavy (non-hydrogen) atoms. The molecule has 0 aliphatic rings. The number of aryl methyl sites for hydroxylation is 2. The van der Waals surface area contributed by atoms with Crippen LogP contribution in [0.2, 0.25) is 0 Å². The van der Waals surface area contributed by atoms with Gasteiger partial charge in [0, 0.05) is 24.9 Å². The third kappa shape index (κ3) is 3.57. The summed E-state index contributed by atoms with van der Waals surface area (Å²) in [6.45, 7) is 4.03. The lowest BCUT2D eigenvalue weighted by Gasteiger charge is -2.15. The van der Waals surface area contributed by atoms with Gasteiger partial charge in [-0.2, -0.15) is 5.10 Å². The van der Waals surface area contributed by atoms with Crippen LogP contribution in [-0.2, 0) is 11.8 Å². The van der Waals surface area contributed by atoms with E-state index in [9.17, 15) is 4.79 Å². The lowest BCUT2D eigenvalue weighted by molar-refractivity contribution is -0.117. The van der Waals surface area contributed by atoms with E-state index in [0.717, 1.165) is 11.1 Å². The van der Waals surface area contributed by atoms with Crippen molar-refractivity contribution in [3.8, 4) is 0 Å². The zero-order chi connectivity index (χ0) is 14.5. The first-order valence-electron chi connectivity index (χ1n) is 6.59. The molecule has 4 heteroatoms. The van der Waals surface area contributed by atoms with Crippen molar-refractivity contribution in [3.63, 3.8) is 0 Å². The number of amides is 1. The van der Waals surface area contributed by atoms with Gasteiger partial charge in [-0.25, -0.2) is 0 Å². The van der Waals surface area contributed by atoms with Crippen LogP contribution in [0, 0.1) is 6.92 Å². The van der Waals surface area contributed by atoms with Gasteiger partial charge in [0.2, 0.25) is 5.91 Å². The Kier molecular flexibility index (Phi) is 4.35. The van der Waals surface area contributed by atoms with Crippen LogP contribution in [0.1, 0.15) is 29.7 Å². The molecule has 1 heterocycles. The quantitative estimate of drug-likeness (QED) is 0.867. The van der Waals surface area contributed by atoms with Crippen molar-refractivity contribution in [2.75, 3.05) is 0 Å². The lowest BCUT2D eigenvalue weighted by atomic mass is 10.0. The zero-order valence-electron chi connectivity index (χ0n) is 12.0. The van der Waals surface area contributed by atoms with E-state index in [1.807, 2.05) is 51.4 Å². The summed E-state index contributed by atoms with van der Waals surface area (Å²) in [7, 11) is 1.84. The molecule has 0 aliphatic heterocycles. The highest BCUT2D eigenvalue weighted by atomic mass is 16.1. The molecule has 0 saturated heterocycles. The minimum Gasteiger partial charge on any atom is -0.346 e. The van der Waals surface area contributed by atoms with E-state index in [1.54, 1.807) is 17.0 Å². The molecule has 0 fully saturated rings. The molecule has 104 valence electrons. The van der Waals surface area contributed by atoms with E-state index in [4.69, 9.17) is 0 Å². The van der Waals surface area contributed by atoms with Crippen LogP contribution < -0.4 is 5.32 Å². The fourth-order valence-electron chi connectivity index (χ4n) is 2.11. The molecule has 2 aromatic rings. The fourth-order valence-corrected chi connectivity index (χ4v) is 2.11. The summed E-state index contributed by atoms with van der Waals surface area (Å²) in [5.74, 6) is -0.107. The number of nitrogens with zero attached hydrogens (tertiary/aromatic N) is 2. The SMILES string of the molecule is Cc1ccccc1[C@H](C)NC(=O)/C=C/c1cnn(C)c1. The minimum absolute atomic E-state index is 0.0118. The van der Waals surface area contributed by atoms with Crippen LogP contribution in [-0.4, -0.2) is 15.7 Å². The maximum Gasteiger partial charge on any atom is 0.244 e. The van der Waals surface area contributed by atoms with Crippen LogP contribution >= 0.6 is 0 Å². The summed E-state index contributed by atoms with van der Waals surface area (Å²) >= 11 is 0. The first kappa shape index (κ1) is 14.1. The van der Waals surface area contributed by atoms with E-state index in [2.05, 4.69) is 10.4 Å². The van der Waals surface area contributed by atoms with Crippen LogP contribution in [0.4, 0.5) is 0 Å². The lowest BCUT2D eigenvalue weighted by Crippen LogP contribution is -2.25. The second-order valence-corrected chi connectivity index (χ2v) is 4.87. The fraction of sp³-hybridized carbons (Fsp3) is 0.250. The monoisotopic (exact) mass is 269 g/mol. The average Bonchev–Trinajstić information content (AvgIpc) is 2.82. The van der Waals surface area contributed by atoms with E-state index < -0.39 is 0 Å². The molecule has 1 N–H and O–H groups in total. The van der Waals surface area contributed by atoms with E-state index >= 15 is 0 Å². The molecule has 4 nitrogen and oxygen atoms in total. The maximum absolute atomic E-state index is 11.9. The molecule has 0 aliphatic carbocycles. The number of rotatable bonds is 4. The minimum atomic E-state index is -0.107. The number of hydrogen-bond acceptors (Lipinski definition) is 2. The first-order chi connectivity index (χ1) is 9.56. The number of hydrogen-bond donors (Lipinski definition) is 1. The molecule has 0 saturated carbocycles. The normalized spacial score (nSPS) is 12.6. The van der Waals surface area contributed by atoms with Crippen LogP contribution in [0.3, 0.4) is 0 Å². The van der Waals surface area contributed by atoms with Gasteiger partial charge in [-0.15, -0.1) is 0 Å². The Bertz CT molecular complexity index is 628. The van der Waals surface area contributed by atoms with Crippen molar-refractivity contribution in [1.29, 1.82) is 0 Å². The molecular formula is C16H19N3O. The van der Waals surface area contributed by atoms with Crippen LogP contribution in [0.5, 0.6) is 0 Å². The second kappa shape index (κ2) is 6.19. The summed E-state index contributed by atoms with van der Waals surface area (Å²) in [5, 5.41) is 7.01. The topological polar surface area (TPSA) is 46.9 Å². The number of carbonyl (C=O) groups is 1. The summed E-state index contributed by atoms with van der Waals surface area (Å²) < 4.78 is 1.70. The molecule has 0 bridgehead atoms. The number of benzene rings is 1. The van der Waals surface area contributed by atoms with Crippen LogP contribution in [0.25, 0.3) is 6.08 Å². The van der Waals surface area contributed by atoms with Crippen molar-refractivity contribution >= 4 is 12.0 Å². The Labute approximate surface area is 119 Å². The summed E-state index contributed by atoms with van der Waals surface area (Å²) in [6.07, 6.45) is 6.86. The van der Waals surface area contributed by atoms with Crippen LogP contribution in [0.15, 0.2) is 42.7 Å². The second-order valence-electron chi connectivity index (χ2n) is 4.87. The predicted octanol–water partition coefficient (Wildman–Crippen LogP) is 2.62. The maximum atomic E-state index is 11.9.